The summed E-state index contributed by atoms with van der Waals surface area (Å²) in [4.78, 5) is 12.4. The molecule has 0 aliphatic carbocycles. The summed E-state index contributed by atoms with van der Waals surface area (Å²) in [5.74, 6) is -0.626. The molecule has 1 N–H and O–H groups in total. The normalized spacial score (nSPS) is 13.1. The van der Waals surface area contributed by atoms with E-state index in [1.165, 1.54) is 19.1 Å². The van der Waals surface area contributed by atoms with Crippen LogP contribution in [0.5, 0.6) is 0 Å². The molecule has 152 valence electrons. The first-order chi connectivity index (χ1) is 12.9. The minimum absolute atomic E-state index is 0.268. The van der Waals surface area contributed by atoms with Gasteiger partial charge in [-0.15, -0.1) is 0 Å². The second-order valence-electron chi connectivity index (χ2n) is 6.47. The van der Waals surface area contributed by atoms with Crippen molar-refractivity contribution in [3.05, 3.63) is 65.2 Å². The van der Waals surface area contributed by atoms with E-state index in [4.69, 9.17) is 0 Å². The molecule has 0 radical (unpaired) electrons. The van der Waals surface area contributed by atoms with Gasteiger partial charge in [0.1, 0.15) is 6.54 Å². The number of halogens is 3. The number of nitrogens with zero attached hydrogens (tertiary/aromatic N) is 1. The summed E-state index contributed by atoms with van der Waals surface area (Å²) in [6.07, 6.45) is -3.50. The van der Waals surface area contributed by atoms with Crippen LogP contribution in [0.15, 0.2) is 48.5 Å². The average molecular weight is 414 g/mol. The fraction of sp³-hybridized carbons (Fsp3) is 0.316. The summed E-state index contributed by atoms with van der Waals surface area (Å²) < 4.78 is 63.9. The lowest BCUT2D eigenvalue weighted by Gasteiger charge is -2.24. The third kappa shape index (κ3) is 5.48. The molecule has 0 spiro atoms. The van der Waals surface area contributed by atoms with Gasteiger partial charge in [-0.25, -0.2) is 8.42 Å². The molecule has 9 heteroatoms. The number of alkyl halides is 3. The highest BCUT2D eigenvalue weighted by molar-refractivity contribution is 7.92. The lowest BCUT2D eigenvalue weighted by molar-refractivity contribution is -0.137. The predicted molar refractivity (Wildman–Crippen MR) is 101 cm³/mol. The van der Waals surface area contributed by atoms with Crippen molar-refractivity contribution in [2.24, 2.45) is 0 Å². The molecule has 0 aliphatic rings. The molecule has 5 nitrogen and oxygen atoms in total. The summed E-state index contributed by atoms with van der Waals surface area (Å²) in [5, 5.41) is 2.55. The van der Waals surface area contributed by atoms with Gasteiger partial charge in [-0.3, -0.25) is 9.10 Å². The SMILES string of the molecule is Cc1ccccc1N(CC(=O)NC(C)c1cccc(C(F)(F)F)c1)S(C)(=O)=O. The van der Waals surface area contributed by atoms with E-state index in [9.17, 15) is 26.4 Å². The molecule has 1 unspecified atom stereocenters. The molecule has 1 amide bonds. The number of carbonyl (C=O) groups excluding carboxylic acids is 1. The lowest BCUT2D eigenvalue weighted by Crippen LogP contribution is -2.41. The average Bonchev–Trinajstić information content (AvgIpc) is 2.59. The molecule has 0 saturated carbocycles. The van der Waals surface area contributed by atoms with Crippen molar-refractivity contribution in [1.82, 2.24) is 5.32 Å². The topological polar surface area (TPSA) is 66.5 Å². The van der Waals surface area contributed by atoms with E-state index in [0.29, 0.717) is 11.3 Å². The molecule has 2 aromatic carbocycles. The van der Waals surface area contributed by atoms with Crippen LogP contribution >= 0.6 is 0 Å². The van der Waals surface area contributed by atoms with Crippen molar-refractivity contribution in [1.29, 1.82) is 0 Å². The van der Waals surface area contributed by atoms with Crippen LogP contribution in [0.4, 0.5) is 18.9 Å². The molecular formula is C19H21F3N2O3S. The van der Waals surface area contributed by atoms with Crippen LogP contribution in [0.25, 0.3) is 0 Å². The van der Waals surface area contributed by atoms with E-state index < -0.39 is 40.3 Å². The Labute approximate surface area is 162 Å². The van der Waals surface area contributed by atoms with Crippen LogP contribution < -0.4 is 9.62 Å². The molecule has 2 aromatic rings. The van der Waals surface area contributed by atoms with Gasteiger partial charge >= 0.3 is 6.18 Å². The summed E-state index contributed by atoms with van der Waals surface area (Å²) >= 11 is 0. The standard InChI is InChI=1S/C19H21F3N2O3S/c1-13-7-4-5-10-17(13)24(28(3,26)27)12-18(25)23-14(2)15-8-6-9-16(11-15)19(20,21)22/h4-11,14H,12H2,1-3H3,(H,23,25). The van der Waals surface area contributed by atoms with E-state index in [1.54, 1.807) is 31.2 Å². The number of anilines is 1. The number of carbonyl (C=O) groups is 1. The van der Waals surface area contributed by atoms with Crippen molar-refractivity contribution in [3.8, 4) is 0 Å². The third-order valence-corrected chi connectivity index (χ3v) is 5.29. The predicted octanol–water partition coefficient (Wildman–Crippen LogP) is 3.66. The largest absolute Gasteiger partial charge is 0.416 e. The Morgan fingerprint density at radius 2 is 1.79 bits per heavy atom. The Bertz CT molecular complexity index is 959. The number of aryl methyl sites for hydroxylation is 1. The summed E-state index contributed by atoms with van der Waals surface area (Å²) in [5.41, 5.74) is 0.493. The fourth-order valence-electron chi connectivity index (χ4n) is 2.71. The maximum atomic E-state index is 12.9. The first-order valence-corrected chi connectivity index (χ1v) is 10.2. The number of nitrogens with one attached hydrogen (secondary N) is 1. The van der Waals surface area contributed by atoms with Gasteiger partial charge in [-0.1, -0.05) is 30.3 Å². The van der Waals surface area contributed by atoms with E-state index >= 15 is 0 Å². The van der Waals surface area contributed by atoms with Crippen LogP contribution in [-0.2, 0) is 21.0 Å². The highest BCUT2D eigenvalue weighted by Crippen LogP contribution is 2.30. The van der Waals surface area contributed by atoms with E-state index in [2.05, 4.69) is 5.32 Å². The number of sulfonamides is 1. The monoisotopic (exact) mass is 414 g/mol. The smallest absolute Gasteiger partial charge is 0.348 e. The Balaban J connectivity index is 2.18. The van der Waals surface area contributed by atoms with Gasteiger partial charge in [0.05, 0.1) is 23.5 Å². The van der Waals surface area contributed by atoms with Crippen molar-refractivity contribution < 1.29 is 26.4 Å². The zero-order chi connectivity index (χ0) is 21.1. The van der Waals surface area contributed by atoms with Gasteiger partial charge < -0.3 is 5.32 Å². The van der Waals surface area contributed by atoms with Gasteiger partial charge in [0.2, 0.25) is 15.9 Å². The molecule has 2 rings (SSSR count). The highest BCUT2D eigenvalue weighted by atomic mass is 32.2. The van der Waals surface area contributed by atoms with E-state index in [0.717, 1.165) is 22.7 Å². The maximum Gasteiger partial charge on any atom is 0.416 e. The first kappa shape index (κ1) is 21.7. The van der Waals surface area contributed by atoms with Crippen LogP contribution in [0.1, 0.15) is 29.7 Å². The Kier molecular flexibility index (Phi) is 6.38. The van der Waals surface area contributed by atoms with Crippen LogP contribution in [0.3, 0.4) is 0 Å². The zero-order valence-electron chi connectivity index (χ0n) is 15.6. The third-order valence-electron chi connectivity index (χ3n) is 4.16. The van der Waals surface area contributed by atoms with Gasteiger partial charge in [0, 0.05) is 0 Å². The summed E-state index contributed by atoms with van der Waals surface area (Å²) in [6, 6.07) is 10.6. The Morgan fingerprint density at radius 1 is 1.14 bits per heavy atom. The second-order valence-corrected chi connectivity index (χ2v) is 8.38. The highest BCUT2D eigenvalue weighted by Gasteiger charge is 2.31. The number of rotatable bonds is 6. The molecule has 0 heterocycles. The number of hydrogen-bond donors (Lipinski definition) is 1. The van der Waals surface area contributed by atoms with Crippen molar-refractivity contribution in [2.75, 3.05) is 17.1 Å². The lowest BCUT2D eigenvalue weighted by atomic mass is 10.0. The van der Waals surface area contributed by atoms with Crippen molar-refractivity contribution >= 4 is 21.6 Å². The van der Waals surface area contributed by atoms with Crippen LogP contribution in [-0.4, -0.2) is 27.1 Å². The summed E-state index contributed by atoms with van der Waals surface area (Å²) in [7, 11) is -3.74. The van der Waals surface area contributed by atoms with Gasteiger partial charge in [0.15, 0.2) is 0 Å². The number of hydrogen-bond acceptors (Lipinski definition) is 3. The Hall–Kier alpha value is -2.55. The molecule has 1 atom stereocenters. The Morgan fingerprint density at radius 3 is 2.36 bits per heavy atom. The van der Waals surface area contributed by atoms with Crippen LogP contribution in [0, 0.1) is 6.92 Å². The minimum atomic E-state index is -4.49. The summed E-state index contributed by atoms with van der Waals surface area (Å²) in [6.45, 7) is 2.77. The second kappa shape index (κ2) is 8.22. The number of para-hydroxylation sites is 1. The van der Waals surface area contributed by atoms with Crippen molar-refractivity contribution in [3.63, 3.8) is 0 Å². The van der Waals surface area contributed by atoms with Gasteiger partial charge in [0.25, 0.3) is 0 Å². The quantitative estimate of drug-likeness (QED) is 0.785. The first-order valence-electron chi connectivity index (χ1n) is 8.39. The maximum absolute atomic E-state index is 12.9. The number of amides is 1. The molecule has 28 heavy (non-hydrogen) atoms. The molecule has 0 aromatic heterocycles. The molecule has 0 aliphatic heterocycles. The fourth-order valence-corrected chi connectivity index (χ4v) is 3.62. The van der Waals surface area contributed by atoms with E-state index in [-0.39, 0.29) is 5.56 Å². The number of benzene rings is 2. The minimum Gasteiger partial charge on any atom is -0.348 e. The molecular weight excluding hydrogens is 393 g/mol. The zero-order valence-corrected chi connectivity index (χ0v) is 16.4. The van der Waals surface area contributed by atoms with Crippen molar-refractivity contribution in [2.45, 2.75) is 26.1 Å². The van der Waals surface area contributed by atoms with Gasteiger partial charge in [-0.05, 0) is 43.2 Å². The molecule has 0 saturated heterocycles. The molecule has 0 fully saturated rings. The van der Waals surface area contributed by atoms with E-state index in [1.807, 2.05) is 0 Å². The molecule has 0 bridgehead atoms. The van der Waals surface area contributed by atoms with Crippen LogP contribution in [0.2, 0.25) is 0 Å². The van der Waals surface area contributed by atoms with Gasteiger partial charge in [-0.2, -0.15) is 13.2 Å².